The highest BCUT2D eigenvalue weighted by Gasteiger charge is 2.24. The predicted molar refractivity (Wildman–Crippen MR) is 114 cm³/mol. The van der Waals surface area contributed by atoms with Crippen LogP contribution in [-0.2, 0) is 10.0 Å². The Kier molecular flexibility index (Phi) is 7.62. The number of sulfonamides is 1. The lowest BCUT2D eigenvalue weighted by Crippen LogP contribution is -2.35. The van der Waals surface area contributed by atoms with Gasteiger partial charge < -0.3 is 10.2 Å². The Balaban J connectivity index is 2.26. The first-order valence-electron chi connectivity index (χ1n) is 9.02. The molecule has 0 spiro atoms. The highest BCUT2D eigenvalue weighted by Crippen LogP contribution is 2.26. The topological polar surface area (TPSA) is 69.7 Å². The van der Waals surface area contributed by atoms with Gasteiger partial charge in [-0.25, -0.2) is 12.8 Å². The second-order valence-electron chi connectivity index (χ2n) is 7.06. The van der Waals surface area contributed by atoms with Gasteiger partial charge in [-0.1, -0.05) is 11.6 Å². The van der Waals surface area contributed by atoms with Gasteiger partial charge in [0.1, 0.15) is 5.82 Å². The molecule has 158 valence electrons. The van der Waals surface area contributed by atoms with Crippen LogP contribution in [0.4, 0.5) is 10.1 Å². The maximum atomic E-state index is 13.1. The Labute approximate surface area is 176 Å². The number of carbonyl (C=O) groups is 1. The van der Waals surface area contributed by atoms with Gasteiger partial charge in [0.05, 0.1) is 21.2 Å². The third-order valence-electron chi connectivity index (χ3n) is 4.42. The van der Waals surface area contributed by atoms with Crippen LogP contribution >= 0.6 is 11.6 Å². The molecule has 0 heterocycles. The maximum absolute atomic E-state index is 13.1. The van der Waals surface area contributed by atoms with Crippen molar-refractivity contribution in [3.05, 3.63) is 58.9 Å². The Morgan fingerprint density at radius 3 is 2.34 bits per heavy atom. The van der Waals surface area contributed by atoms with Crippen LogP contribution in [0.15, 0.2) is 47.4 Å². The summed E-state index contributed by atoms with van der Waals surface area (Å²) in [6.07, 6.45) is 0.738. The molecule has 2 aromatic rings. The van der Waals surface area contributed by atoms with E-state index in [4.69, 9.17) is 11.6 Å². The fourth-order valence-corrected chi connectivity index (χ4v) is 4.04. The first-order valence-corrected chi connectivity index (χ1v) is 10.8. The number of carbonyl (C=O) groups excluding carboxylic acids is 1. The average molecular weight is 442 g/mol. The van der Waals surface area contributed by atoms with Crippen LogP contribution in [0, 0.1) is 5.82 Å². The molecule has 9 heteroatoms. The van der Waals surface area contributed by atoms with E-state index in [2.05, 4.69) is 5.32 Å². The number of hydrogen-bond donors (Lipinski definition) is 1. The zero-order chi connectivity index (χ0) is 21.8. The van der Waals surface area contributed by atoms with Crippen LogP contribution < -0.4 is 9.62 Å². The van der Waals surface area contributed by atoms with E-state index in [1.807, 2.05) is 25.9 Å². The molecule has 0 aliphatic heterocycles. The van der Waals surface area contributed by atoms with E-state index in [0.717, 1.165) is 17.3 Å². The van der Waals surface area contributed by atoms with Crippen molar-refractivity contribution >= 4 is 33.2 Å². The monoisotopic (exact) mass is 441 g/mol. The van der Waals surface area contributed by atoms with Gasteiger partial charge in [0.25, 0.3) is 15.9 Å². The predicted octanol–water partition coefficient (Wildman–Crippen LogP) is 3.37. The standard InChI is InChI=1S/C20H25ClFN3O3S/c1-14(11-12-24(2)3)23-20(26)18-13-17(9-10-19(18)21)29(27,28)25(4)16-7-5-15(22)6-8-16/h5-10,13-14H,11-12H2,1-4H3,(H,23,26). The zero-order valence-electron chi connectivity index (χ0n) is 16.8. The lowest BCUT2D eigenvalue weighted by molar-refractivity contribution is 0.0936. The lowest BCUT2D eigenvalue weighted by atomic mass is 10.1. The number of rotatable bonds is 8. The molecule has 0 radical (unpaired) electrons. The van der Waals surface area contributed by atoms with Crippen LogP contribution in [0.2, 0.25) is 5.02 Å². The van der Waals surface area contributed by atoms with Crippen molar-refractivity contribution in [2.24, 2.45) is 0 Å². The minimum absolute atomic E-state index is 0.0805. The number of anilines is 1. The summed E-state index contributed by atoms with van der Waals surface area (Å²) in [5, 5.41) is 3.00. The van der Waals surface area contributed by atoms with Crippen molar-refractivity contribution < 1.29 is 17.6 Å². The maximum Gasteiger partial charge on any atom is 0.264 e. The van der Waals surface area contributed by atoms with Crippen molar-refractivity contribution in [3.8, 4) is 0 Å². The van der Waals surface area contributed by atoms with Crippen LogP contribution in [0.1, 0.15) is 23.7 Å². The van der Waals surface area contributed by atoms with Gasteiger partial charge in [-0.3, -0.25) is 9.10 Å². The van der Waals surface area contributed by atoms with Crippen LogP contribution in [0.25, 0.3) is 0 Å². The highest BCUT2D eigenvalue weighted by molar-refractivity contribution is 7.92. The van der Waals surface area contributed by atoms with Gasteiger partial charge in [-0.2, -0.15) is 0 Å². The SMILES string of the molecule is CC(CCN(C)C)NC(=O)c1cc(S(=O)(=O)N(C)c2ccc(F)cc2)ccc1Cl. The van der Waals surface area contributed by atoms with Crippen molar-refractivity contribution in [3.63, 3.8) is 0 Å². The zero-order valence-corrected chi connectivity index (χ0v) is 18.4. The number of hydrogen-bond acceptors (Lipinski definition) is 4. The van der Waals surface area contributed by atoms with Crippen molar-refractivity contribution in [1.29, 1.82) is 0 Å². The summed E-state index contributed by atoms with van der Waals surface area (Å²) in [7, 11) is 1.28. The molecule has 29 heavy (non-hydrogen) atoms. The normalized spacial score (nSPS) is 12.7. The molecule has 0 saturated heterocycles. The van der Waals surface area contributed by atoms with Gasteiger partial charge >= 0.3 is 0 Å². The van der Waals surface area contributed by atoms with Gasteiger partial charge in [0.15, 0.2) is 0 Å². The molecule has 1 amide bonds. The molecule has 0 aliphatic rings. The average Bonchev–Trinajstić information content (AvgIpc) is 2.66. The first-order chi connectivity index (χ1) is 13.5. The van der Waals surface area contributed by atoms with Crippen molar-refractivity contribution in [2.45, 2.75) is 24.3 Å². The molecule has 0 aliphatic carbocycles. The second-order valence-corrected chi connectivity index (χ2v) is 9.43. The van der Waals surface area contributed by atoms with Crippen molar-refractivity contribution in [2.75, 3.05) is 32.0 Å². The third kappa shape index (κ3) is 5.91. The van der Waals surface area contributed by atoms with E-state index in [1.165, 1.54) is 49.5 Å². The lowest BCUT2D eigenvalue weighted by Gasteiger charge is -2.20. The molecule has 0 fully saturated rings. The largest absolute Gasteiger partial charge is 0.349 e. The Hall–Kier alpha value is -2.16. The smallest absolute Gasteiger partial charge is 0.264 e. The fourth-order valence-electron chi connectivity index (χ4n) is 2.61. The Morgan fingerprint density at radius 2 is 1.76 bits per heavy atom. The van der Waals surface area contributed by atoms with Gasteiger partial charge in [0.2, 0.25) is 0 Å². The summed E-state index contributed by atoms with van der Waals surface area (Å²) in [6, 6.07) is 8.95. The number of amides is 1. The molecule has 0 aromatic heterocycles. The second kappa shape index (κ2) is 9.56. The van der Waals surface area contributed by atoms with E-state index < -0.39 is 21.7 Å². The van der Waals surface area contributed by atoms with Crippen LogP contribution in [0.3, 0.4) is 0 Å². The minimum atomic E-state index is -3.96. The molecule has 2 rings (SSSR count). The van der Waals surface area contributed by atoms with Crippen LogP contribution in [-0.4, -0.2) is 53.0 Å². The first kappa shape index (κ1) is 23.1. The summed E-state index contributed by atoms with van der Waals surface area (Å²) in [4.78, 5) is 14.5. The van der Waals surface area contributed by atoms with Crippen LogP contribution in [0.5, 0.6) is 0 Å². The summed E-state index contributed by atoms with van der Waals surface area (Å²) in [5.74, 6) is -0.906. The molecular formula is C20H25ClFN3O3S. The molecule has 1 unspecified atom stereocenters. The number of nitrogens with one attached hydrogen (secondary N) is 1. The van der Waals surface area contributed by atoms with E-state index in [1.54, 1.807) is 0 Å². The summed E-state index contributed by atoms with van der Waals surface area (Å²) in [6.45, 7) is 2.67. The molecule has 2 aromatic carbocycles. The van der Waals surface area contributed by atoms with Gasteiger partial charge in [-0.05, 0) is 76.4 Å². The highest BCUT2D eigenvalue weighted by atomic mass is 35.5. The van der Waals surface area contributed by atoms with Gasteiger partial charge in [0, 0.05) is 13.1 Å². The van der Waals surface area contributed by atoms with E-state index >= 15 is 0 Å². The quantitative estimate of drug-likeness (QED) is 0.681. The molecule has 0 bridgehead atoms. The minimum Gasteiger partial charge on any atom is -0.349 e. The Bertz CT molecular complexity index is 965. The van der Waals surface area contributed by atoms with E-state index in [0.29, 0.717) is 5.69 Å². The summed E-state index contributed by atoms with van der Waals surface area (Å²) in [5.41, 5.74) is 0.376. The number of benzene rings is 2. The summed E-state index contributed by atoms with van der Waals surface area (Å²) >= 11 is 6.15. The van der Waals surface area contributed by atoms with E-state index in [-0.39, 0.29) is 21.5 Å². The number of halogens is 2. The fraction of sp³-hybridized carbons (Fsp3) is 0.350. The molecule has 1 N–H and O–H groups in total. The van der Waals surface area contributed by atoms with E-state index in [9.17, 15) is 17.6 Å². The third-order valence-corrected chi connectivity index (χ3v) is 6.53. The Morgan fingerprint density at radius 1 is 1.14 bits per heavy atom. The van der Waals surface area contributed by atoms with Crippen molar-refractivity contribution in [1.82, 2.24) is 10.2 Å². The number of nitrogens with zero attached hydrogens (tertiary/aromatic N) is 2. The van der Waals surface area contributed by atoms with Gasteiger partial charge in [-0.15, -0.1) is 0 Å². The molecule has 1 atom stereocenters. The molecule has 0 saturated carbocycles. The molecule has 6 nitrogen and oxygen atoms in total. The summed E-state index contributed by atoms with van der Waals surface area (Å²) < 4.78 is 40.1. The molecular weight excluding hydrogens is 417 g/mol.